The first-order valence-corrected chi connectivity index (χ1v) is 8.58. The third kappa shape index (κ3) is 2.29. The average Bonchev–Trinajstić information content (AvgIpc) is 2.38. The second kappa shape index (κ2) is 5.29. The van der Waals surface area contributed by atoms with Crippen molar-refractivity contribution in [2.45, 2.75) is 49.6 Å². The first-order chi connectivity index (χ1) is 10.3. The van der Waals surface area contributed by atoms with E-state index in [1.807, 2.05) is 56.9 Å². The molecule has 5 heteroatoms. The minimum absolute atomic E-state index is 0.0890. The lowest BCUT2D eigenvalue weighted by atomic mass is 9.84. The summed E-state index contributed by atoms with van der Waals surface area (Å²) in [5.41, 5.74) is 1.43. The molecule has 2 saturated heterocycles. The number of halogens is 1. The monoisotopic (exact) mass is 337 g/mol. The average molecular weight is 338 g/mol. The first kappa shape index (κ1) is 15.9. The van der Waals surface area contributed by atoms with Gasteiger partial charge >= 0.3 is 0 Å². The van der Waals surface area contributed by atoms with Gasteiger partial charge in [-0.15, -0.1) is 0 Å². The maximum atomic E-state index is 12.7. The van der Waals surface area contributed by atoms with Crippen molar-refractivity contribution >= 4 is 29.3 Å². The van der Waals surface area contributed by atoms with E-state index in [9.17, 15) is 4.79 Å². The third-order valence-electron chi connectivity index (χ3n) is 4.20. The lowest BCUT2D eigenvalue weighted by Gasteiger charge is -2.62. The van der Waals surface area contributed by atoms with Crippen molar-refractivity contribution in [2.75, 3.05) is 6.61 Å². The second-order valence-electron chi connectivity index (χ2n) is 6.40. The predicted octanol–water partition coefficient (Wildman–Crippen LogP) is 4.46. The smallest absolute Gasteiger partial charge is 0.256 e. The highest BCUT2D eigenvalue weighted by molar-refractivity contribution is 8.01. The summed E-state index contributed by atoms with van der Waals surface area (Å²) in [6.07, 6.45) is 0.802. The Morgan fingerprint density at radius 3 is 2.50 bits per heavy atom. The molecule has 3 nitrogen and oxygen atoms in total. The molecule has 0 spiro atoms. The van der Waals surface area contributed by atoms with E-state index in [1.165, 1.54) is 0 Å². The molecule has 2 aliphatic rings. The molecule has 0 saturated carbocycles. The highest BCUT2D eigenvalue weighted by Gasteiger charge is 2.64. The molecule has 1 atom stereocenters. The molecule has 1 aromatic rings. The molecule has 0 aliphatic carbocycles. The zero-order valence-electron chi connectivity index (χ0n) is 13.3. The van der Waals surface area contributed by atoms with E-state index < -0.39 is 5.72 Å². The molecule has 0 aromatic heterocycles. The number of benzene rings is 1. The summed E-state index contributed by atoms with van der Waals surface area (Å²) in [6, 6.07) is 7.79. The largest absolute Gasteiger partial charge is 0.356 e. The van der Waals surface area contributed by atoms with Crippen molar-refractivity contribution in [1.82, 2.24) is 4.90 Å². The third-order valence-corrected chi connectivity index (χ3v) is 5.89. The normalized spacial score (nSPS) is 26.5. The highest BCUT2D eigenvalue weighted by Crippen LogP contribution is 2.57. The van der Waals surface area contributed by atoms with E-state index in [-0.39, 0.29) is 10.8 Å². The van der Waals surface area contributed by atoms with E-state index in [0.29, 0.717) is 6.61 Å². The minimum Gasteiger partial charge on any atom is -0.356 e. The molecule has 22 heavy (non-hydrogen) atoms. The number of hydrogen-bond acceptors (Lipinski definition) is 3. The molecule has 0 N–H and O–H groups in total. The van der Waals surface area contributed by atoms with Crippen molar-refractivity contribution in [3.8, 4) is 0 Å². The van der Waals surface area contributed by atoms with Gasteiger partial charge in [-0.25, -0.2) is 0 Å². The molecular weight excluding hydrogens is 318 g/mol. The molecule has 118 valence electrons. The lowest BCUT2D eigenvalue weighted by Crippen LogP contribution is -2.74. The van der Waals surface area contributed by atoms with E-state index >= 15 is 0 Å². The number of thioether (sulfide) groups is 1. The standard InChI is InChI=1S/C17H20ClNO2S/c1-11(2)14-15(20)19-16(3,4)21-10-9-17(14,19)22-13-7-5-12(18)6-8-13/h5-8H,9-10H2,1-4H3. The van der Waals surface area contributed by atoms with Crippen LogP contribution in [0, 0.1) is 0 Å². The number of nitrogens with zero attached hydrogens (tertiary/aromatic N) is 1. The molecule has 1 unspecified atom stereocenters. The molecule has 3 rings (SSSR count). The Kier molecular flexibility index (Phi) is 3.83. The molecule has 2 aliphatic heterocycles. The fourth-order valence-electron chi connectivity index (χ4n) is 3.37. The predicted molar refractivity (Wildman–Crippen MR) is 89.9 cm³/mol. The van der Waals surface area contributed by atoms with Crippen LogP contribution in [-0.4, -0.2) is 28.0 Å². The topological polar surface area (TPSA) is 29.5 Å². The summed E-state index contributed by atoms with van der Waals surface area (Å²) in [7, 11) is 0. The fraction of sp³-hybridized carbons (Fsp3) is 0.471. The first-order valence-electron chi connectivity index (χ1n) is 7.39. The number of hydrogen-bond donors (Lipinski definition) is 0. The van der Waals surface area contributed by atoms with Gasteiger partial charge in [-0.3, -0.25) is 9.69 Å². The van der Waals surface area contributed by atoms with Crippen LogP contribution in [0.5, 0.6) is 0 Å². The quantitative estimate of drug-likeness (QED) is 0.589. The summed E-state index contributed by atoms with van der Waals surface area (Å²) in [6.45, 7) is 8.59. The maximum Gasteiger partial charge on any atom is 0.256 e. The Bertz CT molecular complexity index is 649. The maximum absolute atomic E-state index is 12.7. The summed E-state index contributed by atoms with van der Waals surface area (Å²) in [5, 5.41) is 0.720. The molecular formula is C17H20ClNO2S. The van der Waals surface area contributed by atoms with Gasteiger partial charge in [0, 0.05) is 16.3 Å². The van der Waals surface area contributed by atoms with Crippen LogP contribution in [0.15, 0.2) is 40.3 Å². The summed E-state index contributed by atoms with van der Waals surface area (Å²) < 4.78 is 5.83. The van der Waals surface area contributed by atoms with Crippen molar-refractivity contribution in [1.29, 1.82) is 0 Å². The van der Waals surface area contributed by atoms with Gasteiger partial charge in [-0.1, -0.05) is 28.9 Å². The van der Waals surface area contributed by atoms with Gasteiger partial charge in [-0.05, 0) is 52.0 Å². The van der Waals surface area contributed by atoms with Crippen LogP contribution < -0.4 is 0 Å². The summed E-state index contributed by atoms with van der Waals surface area (Å²) in [5.74, 6) is 0.0890. The van der Waals surface area contributed by atoms with Crippen molar-refractivity contribution in [2.24, 2.45) is 0 Å². The van der Waals surface area contributed by atoms with E-state index in [4.69, 9.17) is 16.3 Å². The Morgan fingerprint density at radius 2 is 1.91 bits per heavy atom. The number of rotatable bonds is 2. The Morgan fingerprint density at radius 1 is 1.27 bits per heavy atom. The molecule has 2 heterocycles. The zero-order chi connectivity index (χ0) is 16.1. The van der Waals surface area contributed by atoms with Crippen LogP contribution in [0.25, 0.3) is 0 Å². The van der Waals surface area contributed by atoms with Crippen LogP contribution in [-0.2, 0) is 9.53 Å². The Balaban J connectivity index is 2.04. The van der Waals surface area contributed by atoms with Gasteiger partial charge in [0.15, 0.2) is 0 Å². The molecule has 1 amide bonds. The van der Waals surface area contributed by atoms with Crippen LogP contribution in [0.4, 0.5) is 0 Å². The van der Waals surface area contributed by atoms with Crippen molar-refractivity contribution < 1.29 is 9.53 Å². The van der Waals surface area contributed by atoms with Gasteiger partial charge in [0.05, 0.1) is 12.2 Å². The zero-order valence-corrected chi connectivity index (χ0v) is 14.8. The van der Waals surface area contributed by atoms with Crippen LogP contribution in [0.3, 0.4) is 0 Å². The molecule has 0 radical (unpaired) electrons. The van der Waals surface area contributed by atoms with Crippen LogP contribution in [0.1, 0.15) is 34.1 Å². The number of β-lactam (4-membered cyclic amide) rings is 1. The summed E-state index contributed by atoms with van der Waals surface area (Å²) in [4.78, 5) is 15.3. The lowest BCUT2D eigenvalue weighted by molar-refractivity contribution is -0.211. The number of allylic oxidation sites excluding steroid dienone is 1. The van der Waals surface area contributed by atoms with Gasteiger partial charge < -0.3 is 4.74 Å². The van der Waals surface area contributed by atoms with Crippen molar-refractivity contribution in [3.63, 3.8) is 0 Å². The molecule has 0 bridgehead atoms. The van der Waals surface area contributed by atoms with Gasteiger partial charge in [0.1, 0.15) is 10.6 Å². The number of amides is 1. The highest BCUT2D eigenvalue weighted by atomic mass is 35.5. The van der Waals surface area contributed by atoms with Gasteiger partial charge in [0.25, 0.3) is 5.91 Å². The number of ether oxygens (including phenoxy) is 1. The number of carbonyl (C=O) groups excluding carboxylic acids is 1. The van der Waals surface area contributed by atoms with Gasteiger partial charge in [0.2, 0.25) is 0 Å². The fourth-order valence-corrected chi connectivity index (χ4v) is 5.13. The van der Waals surface area contributed by atoms with E-state index in [2.05, 4.69) is 0 Å². The van der Waals surface area contributed by atoms with Gasteiger partial charge in [-0.2, -0.15) is 0 Å². The van der Waals surface area contributed by atoms with Crippen molar-refractivity contribution in [3.05, 3.63) is 40.4 Å². The number of fused-ring (bicyclic) bond motifs is 1. The second-order valence-corrected chi connectivity index (χ2v) is 8.19. The van der Waals surface area contributed by atoms with E-state index in [1.54, 1.807) is 11.8 Å². The molecule has 1 aromatic carbocycles. The summed E-state index contributed by atoms with van der Waals surface area (Å²) >= 11 is 7.70. The SMILES string of the molecule is CC(C)=C1C(=O)N2C(C)(C)OCCC12Sc1ccc(Cl)cc1. The number of carbonyl (C=O) groups is 1. The Labute approximate surface area is 140 Å². The molecule has 2 fully saturated rings. The van der Waals surface area contributed by atoms with Crippen LogP contribution >= 0.6 is 23.4 Å². The van der Waals surface area contributed by atoms with E-state index in [0.717, 1.165) is 27.5 Å². The Hall–Kier alpha value is -0.970. The van der Waals surface area contributed by atoms with Crippen LogP contribution in [0.2, 0.25) is 5.02 Å². The minimum atomic E-state index is -0.576.